The number of nitrogens with zero attached hydrogens (tertiary/aromatic N) is 3. The molecular weight excluding hydrogens is 350 g/mol. The first-order chi connectivity index (χ1) is 13.2. The molecule has 1 aromatic carbocycles. The molecule has 0 saturated heterocycles. The van der Waals surface area contributed by atoms with E-state index in [9.17, 15) is 4.79 Å². The van der Waals surface area contributed by atoms with Gasteiger partial charge >= 0.3 is 5.97 Å². The van der Waals surface area contributed by atoms with Crippen LogP contribution in [-0.2, 0) is 16.0 Å². The third-order valence-electron chi connectivity index (χ3n) is 3.97. The molecule has 0 N–H and O–H groups in total. The van der Waals surface area contributed by atoms with Crippen molar-refractivity contribution in [1.82, 2.24) is 15.1 Å². The number of fused-ring (bicyclic) bond motifs is 1. The van der Waals surface area contributed by atoms with Crippen LogP contribution in [0.4, 0.5) is 0 Å². The number of hydrogen-bond acceptors (Lipinski definition) is 8. The second kappa shape index (κ2) is 7.45. The largest absolute Gasteiger partial charge is 0.486 e. The van der Waals surface area contributed by atoms with Gasteiger partial charge in [-0.25, -0.2) is 0 Å². The van der Waals surface area contributed by atoms with E-state index in [4.69, 9.17) is 18.7 Å². The Kier molecular flexibility index (Phi) is 4.69. The van der Waals surface area contributed by atoms with E-state index in [1.54, 1.807) is 37.5 Å². The van der Waals surface area contributed by atoms with Gasteiger partial charge in [-0.1, -0.05) is 11.2 Å². The molecule has 8 heteroatoms. The maximum Gasteiger partial charge on any atom is 0.311 e. The molecule has 1 unspecified atom stereocenters. The van der Waals surface area contributed by atoms with E-state index in [-0.39, 0.29) is 12.3 Å². The van der Waals surface area contributed by atoms with E-state index in [0.29, 0.717) is 30.5 Å². The molecule has 2 aromatic heterocycles. The van der Waals surface area contributed by atoms with E-state index in [2.05, 4.69) is 15.1 Å². The molecule has 138 valence electrons. The molecule has 0 fully saturated rings. The van der Waals surface area contributed by atoms with Crippen molar-refractivity contribution in [1.29, 1.82) is 0 Å². The summed E-state index contributed by atoms with van der Waals surface area (Å²) in [7, 11) is 0. The minimum atomic E-state index is -0.660. The Morgan fingerprint density at radius 3 is 2.89 bits per heavy atom. The molecule has 0 bridgehead atoms. The van der Waals surface area contributed by atoms with Gasteiger partial charge in [0.05, 0.1) is 6.42 Å². The lowest BCUT2D eigenvalue weighted by Crippen LogP contribution is -2.16. The standard InChI is InChI=1S/C19H17N3O5/c1-12(19-21-18(22-27-19)14-3-2-6-20-11-14)26-17(23)10-13-4-5-15-16(9-13)25-8-7-24-15/h2-6,9,11-12H,7-8,10H2,1H3. The van der Waals surface area contributed by atoms with E-state index >= 15 is 0 Å². The van der Waals surface area contributed by atoms with Gasteiger partial charge in [-0.3, -0.25) is 9.78 Å². The molecule has 0 saturated carbocycles. The second-order valence-corrected chi connectivity index (χ2v) is 5.98. The van der Waals surface area contributed by atoms with Crippen molar-refractivity contribution in [2.75, 3.05) is 13.2 Å². The van der Waals surface area contributed by atoms with Crippen LogP contribution in [0.1, 0.15) is 24.5 Å². The number of hydrogen-bond donors (Lipinski definition) is 0. The molecule has 0 aliphatic carbocycles. The average Bonchev–Trinajstić information content (AvgIpc) is 3.19. The van der Waals surface area contributed by atoms with Gasteiger partial charge in [0.25, 0.3) is 5.89 Å². The van der Waals surface area contributed by atoms with Gasteiger partial charge in [0.2, 0.25) is 5.82 Å². The molecule has 27 heavy (non-hydrogen) atoms. The Bertz CT molecular complexity index is 942. The number of carbonyl (C=O) groups excluding carboxylic acids is 1. The molecule has 1 atom stereocenters. The van der Waals surface area contributed by atoms with Crippen molar-refractivity contribution in [2.45, 2.75) is 19.4 Å². The highest BCUT2D eigenvalue weighted by atomic mass is 16.6. The van der Waals surface area contributed by atoms with Crippen LogP contribution in [0, 0.1) is 0 Å². The summed E-state index contributed by atoms with van der Waals surface area (Å²) in [5.74, 6) is 1.54. The number of esters is 1. The average molecular weight is 367 g/mol. The van der Waals surface area contributed by atoms with Crippen molar-refractivity contribution in [3.8, 4) is 22.9 Å². The van der Waals surface area contributed by atoms with Crippen molar-refractivity contribution in [3.63, 3.8) is 0 Å². The third kappa shape index (κ3) is 3.89. The van der Waals surface area contributed by atoms with Gasteiger partial charge in [-0.05, 0) is 36.8 Å². The fraction of sp³-hybridized carbons (Fsp3) is 0.263. The van der Waals surface area contributed by atoms with Crippen LogP contribution < -0.4 is 9.47 Å². The van der Waals surface area contributed by atoms with Gasteiger partial charge in [-0.2, -0.15) is 4.98 Å². The quantitative estimate of drug-likeness (QED) is 0.635. The van der Waals surface area contributed by atoms with Crippen LogP contribution >= 0.6 is 0 Å². The number of carbonyl (C=O) groups is 1. The van der Waals surface area contributed by atoms with Gasteiger partial charge in [0, 0.05) is 18.0 Å². The second-order valence-electron chi connectivity index (χ2n) is 5.98. The van der Waals surface area contributed by atoms with E-state index in [1.165, 1.54) is 0 Å². The molecule has 8 nitrogen and oxygen atoms in total. The highest BCUT2D eigenvalue weighted by molar-refractivity contribution is 5.73. The Morgan fingerprint density at radius 1 is 1.22 bits per heavy atom. The predicted octanol–water partition coefficient (Wildman–Crippen LogP) is 2.75. The van der Waals surface area contributed by atoms with Crippen molar-refractivity contribution < 1.29 is 23.5 Å². The van der Waals surface area contributed by atoms with Gasteiger partial charge in [-0.15, -0.1) is 0 Å². The zero-order valence-electron chi connectivity index (χ0n) is 14.6. The summed E-state index contributed by atoms with van der Waals surface area (Å²) >= 11 is 0. The molecule has 1 aliphatic heterocycles. The maximum atomic E-state index is 12.2. The molecule has 1 aliphatic rings. The van der Waals surface area contributed by atoms with Crippen LogP contribution in [0.2, 0.25) is 0 Å². The maximum absolute atomic E-state index is 12.2. The topological polar surface area (TPSA) is 96.6 Å². The minimum Gasteiger partial charge on any atom is -0.486 e. The summed E-state index contributed by atoms with van der Waals surface area (Å²) in [5, 5.41) is 3.90. The number of ether oxygens (including phenoxy) is 3. The highest BCUT2D eigenvalue weighted by Gasteiger charge is 2.20. The van der Waals surface area contributed by atoms with Crippen LogP contribution in [-0.4, -0.2) is 34.3 Å². The summed E-state index contributed by atoms with van der Waals surface area (Å²) in [6, 6.07) is 8.99. The van der Waals surface area contributed by atoms with Crippen molar-refractivity contribution in [3.05, 3.63) is 54.2 Å². The summed E-state index contributed by atoms with van der Waals surface area (Å²) in [6.07, 6.45) is 2.73. The molecular formula is C19H17N3O5. The van der Waals surface area contributed by atoms with E-state index in [0.717, 1.165) is 11.1 Å². The Labute approximate surface area is 155 Å². The zero-order chi connectivity index (χ0) is 18.6. The highest BCUT2D eigenvalue weighted by Crippen LogP contribution is 2.31. The van der Waals surface area contributed by atoms with E-state index in [1.807, 2.05) is 12.1 Å². The number of rotatable bonds is 5. The molecule has 3 aromatic rings. The third-order valence-corrected chi connectivity index (χ3v) is 3.97. The Hall–Kier alpha value is -3.42. The van der Waals surface area contributed by atoms with Gasteiger partial charge in [0.1, 0.15) is 13.2 Å². The zero-order valence-corrected chi connectivity index (χ0v) is 14.6. The molecule has 0 spiro atoms. The van der Waals surface area contributed by atoms with Crippen LogP contribution in [0.5, 0.6) is 11.5 Å². The first-order valence-electron chi connectivity index (χ1n) is 8.51. The normalized spacial score (nSPS) is 13.8. The molecule has 4 rings (SSSR count). The van der Waals surface area contributed by atoms with Gasteiger partial charge in [0.15, 0.2) is 17.6 Å². The molecule has 0 radical (unpaired) electrons. The lowest BCUT2D eigenvalue weighted by atomic mass is 10.1. The number of pyridine rings is 1. The predicted molar refractivity (Wildman–Crippen MR) is 93.2 cm³/mol. The van der Waals surface area contributed by atoms with Crippen molar-refractivity contribution >= 4 is 5.97 Å². The smallest absolute Gasteiger partial charge is 0.311 e. The Balaban J connectivity index is 1.39. The Morgan fingerprint density at radius 2 is 2.07 bits per heavy atom. The van der Waals surface area contributed by atoms with Crippen LogP contribution in [0.15, 0.2) is 47.2 Å². The fourth-order valence-corrected chi connectivity index (χ4v) is 2.67. The lowest BCUT2D eigenvalue weighted by molar-refractivity contribution is -0.148. The summed E-state index contributed by atoms with van der Waals surface area (Å²) < 4.78 is 21.6. The van der Waals surface area contributed by atoms with Crippen LogP contribution in [0.25, 0.3) is 11.4 Å². The summed E-state index contributed by atoms with van der Waals surface area (Å²) in [6.45, 7) is 2.70. The van der Waals surface area contributed by atoms with E-state index < -0.39 is 12.1 Å². The molecule has 3 heterocycles. The van der Waals surface area contributed by atoms with Crippen molar-refractivity contribution in [2.24, 2.45) is 0 Å². The first-order valence-corrected chi connectivity index (χ1v) is 8.51. The molecule has 0 amide bonds. The minimum absolute atomic E-state index is 0.102. The first kappa shape index (κ1) is 17.0. The number of aromatic nitrogens is 3. The SMILES string of the molecule is CC(OC(=O)Cc1ccc2c(c1)OCCO2)c1nc(-c2cccnc2)no1. The number of benzene rings is 1. The van der Waals surface area contributed by atoms with Gasteiger partial charge < -0.3 is 18.7 Å². The van der Waals surface area contributed by atoms with Crippen LogP contribution in [0.3, 0.4) is 0 Å². The fourth-order valence-electron chi connectivity index (χ4n) is 2.67. The summed E-state index contributed by atoms with van der Waals surface area (Å²) in [4.78, 5) is 20.5. The monoisotopic (exact) mass is 367 g/mol. The lowest BCUT2D eigenvalue weighted by Gasteiger charge is -2.18. The summed E-state index contributed by atoms with van der Waals surface area (Å²) in [5.41, 5.74) is 1.50.